The van der Waals surface area contributed by atoms with Gasteiger partial charge in [0.2, 0.25) is 0 Å². The highest BCUT2D eigenvalue weighted by molar-refractivity contribution is 5.81. The molecule has 0 saturated carbocycles. The van der Waals surface area contributed by atoms with Crippen LogP contribution in [0.1, 0.15) is 5.82 Å². The van der Waals surface area contributed by atoms with Gasteiger partial charge < -0.3 is 20.8 Å². The Hall–Kier alpha value is -1.99. The number of carbonyl (C=O) groups is 1. The van der Waals surface area contributed by atoms with E-state index in [1.165, 1.54) is 7.11 Å². The summed E-state index contributed by atoms with van der Waals surface area (Å²) in [6.07, 6.45) is 1.04. The van der Waals surface area contributed by atoms with E-state index >= 15 is 0 Å². The number of amides is 1. The highest BCUT2D eigenvalue weighted by Crippen LogP contribution is 2.06. The minimum absolute atomic E-state index is 0.143. The number of rotatable bonds is 5. The van der Waals surface area contributed by atoms with Crippen molar-refractivity contribution in [3.8, 4) is 0 Å². The summed E-state index contributed by atoms with van der Waals surface area (Å²) < 4.78 is 4.93. The molecule has 2 aromatic rings. The number of imidazole rings is 1. The standard InChI is InChI=1S/C11H15N5O2/c1-18-8(5-12)11(17)14-6-9-15-7-3-2-4-13-10(7)16-9/h2-4,8H,5-6,12H2,1H3,(H,14,17)(H,13,15,16)/t8-/m0/s1. The zero-order valence-corrected chi connectivity index (χ0v) is 10.0. The maximum Gasteiger partial charge on any atom is 0.250 e. The summed E-state index contributed by atoms with van der Waals surface area (Å²) in [7, 11) is 1.45. The maximum absolute atomic E-state index is 11.6. The van der Waals surface area contributed by atoms with Gasteiger partial charge in [0.15, 0.2) is 5.65 Å². The Labute approximate surface area is 104 Å². The fourth-order valence-corrected chi connectivity index (χ4v) is 1.57. The first-order chi connectivity index (χ1) is 8.74. The van der Waals surface area contributed by atoms with Gasteiger partial charge in [-0.2, -0.15) is 0 Å². The lowest BCUT2D eigenvalue weighted by atomic mass is 10.3. The number of aromatic nitrogens is 3. The van der Waals surface area contributed by atoms with Crippen molar-refractivity contribution in [2.24, 2.45) is 5.73 Å². The second-order valence-electron chi connectivity index (χ2n) is 3.74. The van der Waals surface area contributed by atoms with Crippen LogP contribution in [0.15, 0.2) is 18.3 Å². The van der Waals surface area contributed by atoms with Crippen molar-refractivity contribution in [2.75, 3.05) is 13.7 Å². The van der Waals surface area contributed by atoms with E-state index in [0.29, 0.717) is 11.5 Å². The summed E-state index contributed by atoms with van der Waals surface area (Å²) in [5, 5.41) is 2.70. The van der Waals surface area contributed by atoms with Crippen LogP contribution in [0.4, 0.5) is 0 Å². The lowest BCUT2D eigenvalue weighted by Gasteiger charge is -2.11. The Bertz CT molecular complexity index is 502. The van der Waals surface area contributed by atoms with E-state index in [1.807, 2.05) is 12.1 Å². The number of aromatic amines is 1. The summed E-state index contributed by atoms with van der Waals surface area (Å²) in [4.78, 5) is 23.0. The van der Waals surface area contributed by atoms with Crippen molar-refractivity contribution < 1.29 is 9.53 Å². The van der Waals surface area contributed by atoms with Gasteiger partial charge in [0, 0.05) is 19.9 Å². The molecule has 0 aliphatic rings. The van der Waals surface area contributed by atoms with Crippen molar-refractivity contribution in [2.45, 2.75) is 12.6 Å². The third-order valence-electron chi connectivity index (χ3n) is 2.53. The molecule has 2 rings (SSSR count). The van der Waals surface area contributed by atoms with E-state index < -0.39 is 6.10 Å². The van der Waals surface area contributed by atoms with E-state index in [2.05, 4.69) is 20.3 Å². The van der Waals surface area contributed by atoms with Gasteiger partial charge in [-0.3, -0.25) is 4.79 Å². The first-order valence-electron chi connectivity index (χ1n) is 5.54. The number of hydrogen-bond acceptors (Lipinski definition) is 5. The van der Waals surface area contributed by atoms with E-state index in [9.17, 15) is 4.79 Å². The first-order valence-corrected chi connectivity index (χ1v) is 5.54. The monoisotopic (exact) mass is 249 g/mol. The molecule has 0 aliphatic carbocycles. The smallest absolute Gasteiger partial charge is 0.250 e. The lowest BCUT2D eigenvalue weighted by Crippen LogP contribution is -2.40. The summed E-state index contributed by atoms with van der Waals surface area (Å²) in [5.41, 5.74) is 6.86. The number of nitrogens with zero attached hydrogens (tertiary/aromatic N) is 2. The second-order valence-corrected chi connectivity index (χ2v) is 3.74. The fourth-order valence-electron chi connectivity index (χ4n) is 1.57. The molecular weight excluding hydrogens is 234 g/mol. The Morgan fingerprint density at radius 3 is 3.17 bits per heavy atom. The number of fused-ring (bicyclic) bond motifs is 1. The number of nitrogens with one attached hydrogen (secondary N) is 2. The van der Waals surface area contributed by atoms with Crippen LogP contribution in [0.3, 0.4) is 0 Å². The number of hydrogen-bond donors (Lipinski definition) is 3. The van der Waals surface area contributed by atoms with Crippen LogP contribution in [0.5, 0.6) is 0 Å². The Morgan fingerprint density at radius 2 is 2.50 bits per heavy atom. The average Bonchev–Trinajstić information content (AvgIpc) is 2.80. The molecule has 0 unspecified atom stereocenters. The van der Waals surface area contributed by atoms with Crippen molar-refractivity contribution in [3.05, 3.63) is 24.2 Å². The molecule has 0 aliphatic heterocycles. The number of methoxy groups -OCH3 is 1. The van der Waals surface area contributed by atoms with Gasteiger partial charge in [-0.15, -0.1) is 0 Å². The molecule has 1 atom stereocenters. The largest absolute Gasteiger partial charge is 0.370 e. The number of ether oxygens (including phenoxy) is 1. The second kappa shape index (κ2) is 5.56. The van der Waals surface area contributed by atoms with Crippen LogP contribution in [-0.2, 0) is 16.1 Å². The van der Waals surface area contributed by atoms with Crippen molar-refractivity contribution >= 4 is 17.1 Å². The highest BCUT2D eigenvalue weighted by Gasteiger charge is 2.15. The molecule has 2 aromatic heterocycles. The Balaban J connectivity index is 1.99. The van der Waals surface area contributed by atoms with Crippen LogP contribution in [0.25, 0.3) is 11.2 Å². The molecule has 0 bridgehead atoms. The molecule has 18 heavy (non-hydrogen) atoms. The molecule has 1 amide bonds. The molecule has 0 aromatic carbocycles. The molecule has 4 N–H and O–H groups in total. The van der Waals surface area contributed by atoms with Crippen LogP contribution < -0.4 is 11.1 Å². The number of H-pyrrole nitrogens is 1. The summed E-state index contributed by atoms with van der Waals surface area (Å²) in [6, 6.07) is 3.69. The van der Waals surface area contributed by atoms with Crippen LogP contribution in [-0.4, -0.2) is 40.6 Å². The van der Waals surface area contributed by atoms with E-state index in [-0.39, 0.29) is 19.0 Å². The van der Waals surface area contributed by atoms with Gasteiger partial charge in [0.25, 0.3) is 5.91 Å². The van der Waals surface area contributed by atoms with Gasteiger partial charge in [0.05, 0.1) is 12.1 Å². The van der Waals surface area contributed by atoms with E-state index in [0.717, 1.165) is 5.52 Å². The van der Waals surface area contributed by atoms with Crippen molar-refractivity contribution in [1.29, 1.82) is 0 Å². The van der Waals surface area contributed by atoms with Gasteiger partial charge in [-0.25, -0.2) is 9.97 Å². The van der Waals surface area contributed by atoms with Gasteiger partial charge in [-0.05, 0) is 12.1 Å². The van der Waals surface area contributed by atoms with Gasteiger partial charge in [0.1, 0.15) is 11.9 Å². The molecule has 0 fully saturated rings. The quantitative estimate of drug-likeness (QED) is 0.665. The first kappa shape index (κ1) is 12.5. The summed E-state index contributed by atoms with van der Waals surface area (Å²) in [5.74, 6) is 0.386. The molecule has 0 radical (unpaired) electrons. The Morgan fingerprint density at radius 1 is 1.67 bits per heavy atom. The topological polar surface area (TPSA) is 106 Å². The molecule has 0 spiro atoms. The molecule has 2 heterocycles. The third-order valence-corrected chi connectivity index (χ3v) is 2.53. The SMILES string of the molecule is CO[C@@H](CN)C(=O)NCc1nc2ncccc2[nH]1. The molecular formula is C11H15N5O2. The number of nitrogens with two attached hydrogens (primary N) is 1. The average molecular weight is 249 g/mol. The number of carbonyl (C=O) groups excluding carboxylic acids is 1. The fraction of sp³-hybridized carbons (Fsp3) is 0.364. The lowest BCUT2D eigenvalue weighted by molar-refractivity contribution is -0.130. The summed E-state index contributed by atoms with van der Waals surface area (Å²) in [6.45, 7) is 0.430. The molecule has 96 valence electrons. The molecule has 7 heteroatoms. The predicted molar refractivity (Wildman–Crippen MR) is 65.6 cm³/mol. The third kappa shape index (κ3) is 2.63. The zero-order chi connectivity index (χ0) is 13.0. The van der Waals surface area contributed by atoms with Crippen LogP contribution >= 0.6 is 0 Å². The van der Waals surface area contributed by atoms with E-state index in [4.69, 9.17) is 10.5 Å². The summed E-state index contributed by atoms with van der Waals surface area (Å²) >= 11 is 0. The minimum atomic E-state index is -0.632. The van der Waals surface area contributed by atoms with Crippen LogP contribution in [0, 0.1) is 0 Å². The zero-order valence-electron chi connectivity index (χ0n) is 10.0. The van der Waals surface area contributed by atoms with Gasteiger partial charge in [-0.1, -0.05) is 0 Å². The number of pyridine rings is 1. The van der Waals surface area contributed by atoms with Crippen LogP contribution in [0.2, 0.25) is 0 Å². The van der Waals surface area contributed by atoms with E-state index in [1.54, 1.807) is 6.20 Å². The van der Waals surface area contributed by atoms with Crippen molar-refractivity contribution in [1.82, 2.24) is 20.3 Å². The normalized spacial score (nSPS) is 12.6. The minimum Gasteiger partial charge on any atom is -0.370 e. The molecule has 0 saturated heterocycles. The van der Waals surface area contributed by atoms with Gasteiger partial charge >= 0.3 is 0 Å². The predicted octanol–water partition coefficient (Wildman–Crippen LogP) is -0.452. The Kier molecular flexibility index (Phi) is 3.85. The van der Waals surface area contributed by atoms with Crippen molar-refractivity contribution in [3.63, 3.8) is 0 Å². The highest BCUT2D eigenvalue weighted by atomic mass is 16.5. The molecule has 7 nitrogen and oxygen atoms in total. The maximum atomic E-state index is 11.6.